The second kappa shape index (κ2) is 4.73. The quantitative estimate of drug-likeness (QED) is 0.505. The van der Waals surface area contributed by atoms with Crippen molar-refractivity contribution in [3.63, 3.8) is 0 Å². The van der Waals surface area contributed by atoms with E-state index in [9.17, 15) is 0 Å². The van der Waals surface area contributed by atoms with Crippen molar-refractivity contribution in [2.24, 2.45) is 0 Å². The second-order valence-corrected chi connectivity index (χ2v) is 2.17. The van der Waals surface area contributed by atoms with E-state index >= 15 is 0 Å². The summed E-state index contributed by atoms with van der Waals surface area (Å²) in [6.07, 6.45) is 0.345. The molecule has 0 spiro atoms. The predicted octanol–water partition coefficient (Wildman–Crippen LogP) is -0.524. The van der Waals surface area contributed by atoms with Gasteiger partial charge in [-0.25, -0.2) is 0 Å². The number of hydrogen-bond acceptors (Lipinski definition) is 3. The van der Waals surface area contributed by atoms with Crippen molar-refractivity contribution >= 4 is 0 Å². The highest BCUT2D eigenvalue weighted by atomic mass is 16.3. The first-order valence-electron chi connectivity index (χ1n) is 3.20. The summed E-state index contributed by atoms with van der Waals surface area (Å²) in [5.74, 6) is 0. The molecular weight excluding hydrogens is 116 g/mol. The van der Waals surface area contributed by atoms with Gasteiger partial charge >= 0.3 is 0 Å². The van der Waals surface area contributed by atoms with Crippen molar-refractivity contribution in [2.75, 3.05) is 27.2 Å². The zero-order valence-corrected chi connectivity index (χ0v) is 6.39. The summed E-state index contributed by atoms with van der Waals surface area (Å²) in [6, 6.07) is 0. The Balaban J connectivity index is 3.32. The first-order valence-corrected chi connectivity index (χ1v) is 3.20. The molecule has 0 aromatic heterocycles. The highest BCUT2D eigenvalue weighted by molar-refractivity contribution is 4.55. The summed E-state index contributed by atoms with van der Waals surface area (Å²) >= 11 is 0. The second-order valence-electron chi connectivity index (χ2n) is 2.17. The Morgan fingerprint density at radius 2 is 2.22 bits per heavy atom. The molecule has 0 aliphatic heterocycles. The molecule has 0 aliphatic carbocycles. The summed E-state index contributed by atoms with van der Waals surface area (Å²) in [5.41, 5.74) is 0. The summed E-state index contributed by atoms with van der Waals surface area (Å²) in [7, 11) is 3.87. The van der Waals surface area contributed by atoms with E-state index in [4.69, 9.17) is 5.11 Å². The fraction of sp³-hybridized carbons (Fsp3) is 1.00. The number of likely N-dealkylation sites (N-methyl/N-ethyl adjacent to an activating group) is 1. The van der Waals surface area contributed by atoms with Crippen LogP contribution in [0, 0.1) is 0 Å². The van der Waals surface area contributed by atoms with Crippen LogP contribution >= 0.6 is 0 Å². The van der Waals surface area contributed by atoms with Gasteiger partial charge in [0, 0.05) is 6.54 Å². The van der Waals surface area contributed by atoms with Crippen LogP contribution in [-0.2, 0) is 0 Å². The molecule has 0 rings (SSSR count). The average Bonchev–Trinajstić information content (AvgIpc) is 1.87. The molecule has 0 saturated heterocycles. The van der Waals surface area contributed by atoms with Crippen molar-refractivity contribution in [3.05, 3.63) is 0 Å². The van der Waals surface area contributed by atoms with E-state index in [0.29, 0.717) is 6.17 Å². The van der Waals surface area contributed by atoms with Crippen LogP contribution in [0.4, 0.5) is 0 Å². The molecule has 0 aromatic rings. The number of aliphatic hydroxyl groups is 1. The number of nitrogens with one attached hydrogen (secondary N) is 1. The molecule has 56 valence electrons. The van der Waals surface area contributed by atoms with E-state index < -0.39 is 0 Å². The molecule has 0 aromatic carbocycles. The van der Waals surface area contributed by atoms with Gasteiger partial charge < -0.3 is 10.4 Å². The molecule has 1 atom stereocenters. The lowest BCUT2D eigenvalue weighted by atomic mass is 10.4. The van der Waals surface area contributed by atoms with Crippen LogP contribution in [0.1, 0.15) is 6.92 Å². The summed E-state index contributed by atoms with van der Waals surface area (Å²) < 4.78 is 0. The van der Waals surface area contributed by atoms with Crippen molar-refractivity contribution in [2.45, 2.75) is 13.1 Å². The molecule has 0 amide bonds. The molecule has 0 bridgehead atoms. The molecule has 0 aliphatic rings. The highest BCUT2D eigenvalue weighted by Crippen LogP contribution is 1.86. The van der Waals surface area contributed by atoms with Crippen molar-refractivity contribution in [3.8, 4) is 0 Å². The minimum absolute atomic E-state index is 0.225. The van der Waals surface area contributed by atoms with Crippen LogP contribution in [0.3, 0.4) is 0 Å². The Morgan fingerprint density at radius 1 is 1.67 bits per heavy atom. The first-order chi connectivity index (χ1) is 4.22. The number of aliphatic hydroxyl groups excluding tert-OH is 1. The summed E-state index contributed by atoms with van der Waals surface area (Å²) in [4.78, 5) is 2.04. The Kier molecular flexibility index (Phi) is 4.67. The monoisotopic (exact) mass is 132 g/mol. The van der Waals surface area contributed by atoms with Crippen LogP contribution in [0.25, 0.3) is 0 Å². The highest BCUT2D eigenvalue weighted by Gasteiger charge is 2.02. The van der Waals surface area contributed by atoms with Gasteiger partial charge in [0.25, 0.3) is 0 Å². The van der Waals surface area contributed by atoms with Crippen molar-refractivity contribution in [1.82, 2.24) is 10.2 Å². The predicted molar refractivity (Wildman–Crippen MR) is 38.2 cm³/mol. The lowest BCUT2D eigenvalue weighted by Gasteiger charge is -2.22. The fourth-order valence-electron chi connectivity index (χ4n) is 0.572. The zero-order chi connectivity index (χ0) is 7.28. The number of rotatable bonds is 4. The molecular formula is C6H16N2O. The van der Waals surface area contributed by atoms with Crippen molar-refractivity contribution < 1.29 is 5.11 Å². The molecule has 3 nitrogen and oxygen atoms in total. The maximum atomic E-state index is 8.51. The summed E-state index contributed by atoms with van der Waals surface area (Å²) in [5, 5.41) is 11.6. The third kappa shape index (κ3) is 3.46. The summed E-state index contributed by atoms with van der Waals surface area (Å²) in [6.45, 7) is 3.00. The molecule has 0 radical (unpaired) electrons. The van der Waals surface area contributed by atoms with Gasteiger partial charge in [0.2, 0.25) is 0 Å². The van der Waals surface area contributed by atoms with E-state index in [2.05, 4.69) is 12.2 Å². The van der Waals surface area contributed by atoms with Gasteiger partial charge in [-0.05, 0) is 21.0 Å². The van der Waals surface area contributed by atoms with E-state index in [1.54, 1.807) is 0 Å². The largest absolute Gasteiger partial charge is 0.395 e. The Hall–Kier alpha value is -0.120. The molecule has 0 fully saturated rings. The molecule has 0 heterocycles. The number of nitrogens with zero attached hydrogens (tertiary/aromatic N) is 1. The van der Waals surface area contributed by atoms with Crippen LogP contribution in [0.2, 0.25) is 0 Å². The van der Waals surface area contributed by atoms with Crippen molar-refractivity contribution in [1.29, 1.82) is 0 Å². The van der Waals surface area contributed by atoms with Gasteiger partial charge in [-0.2, -0.15) is 0 Å². The fourth-order valence-corrected chi connectivity index (χ4v) is 0.572. The van der Waals surface area contributed by atoms with Gasteiger partial charge in [0.05, 0.1) is 12.8 Å². The molecule has 2 N–H and O–H groups in total. The van der Waals surface area contributed by atoms with E-state index in [-0.39, 0.29) is 6.61 Å². The lowest BCUT2D eigenvalue weighted by Crippen LogP contribution is -2.40. The standard InChI is InChI=1S/C6H16N2O/c1-6(7-2)8(3)4-5-9/h6-7,9H,4-5H2,1-3H3/t6-/m0/s1. The Morgan fingerprint density at radius 3 is 2.56 bits per heavy atom. The maximum Gasteiger partial charge on any atom is 0.0563 e. The van der Waals surface area contributed by atoms with E-state index in [0.717, 1.165) is 6.54 Å². The van der Waals surface area contributed by atoms with E-state index in [1.165, 1.54) is 0 Å². The van der Waals surface area contributed by atoms with Crippen LogP contribution in [0.5, 0.6) is 0 Å². The first kappa shape index (κ1) is 8.88. The third-order valence-corrected chi connectivity index (χ3v) is 1.53. The zero-order valence-electron chi connectivity index (χ0n) is 6.39. The normalized spacial score (nSPS) is 14.3. The van der Waals surface area contributed by atoms with Gasteiger partial charge in [0.1, 0.15) is 0 Å². The molecule has 0 unspecified atom stereocenters. The molecule has 0 saturated carbocycles. The van der Waals surface area contributed by atoms with Gasteiger partial charge in [0.15, 0.2) is 0 Å². The van der Waals surface area contributed by atoms with Gasteiger partial charge in [-0.15, -0.1) is 0 Å². The topological polar surface area (TPSA) is 35.5 Å². The minimum atomic E-state index is 0.225. The van der Waals surface area contributed by atoms with Gasteiger partial charge in [-0.3, -0.25) is 4.90 Å². The molecule has 3 heteroatoms. The minimum Gasteiger partial charge on any atom is -0.395 e. The lowest BCUT2D eigenvalue weighted by molar-refractivity contribution is 0.174. The Labute approximate surface area is 56.7 Å². The third-order valence-electron chi connectivity index (χ3n) is 1.53. The van der Waals surface area contributed by atoms with Crippen LogP contribution < -0.4 is 5.32 Å². The van der Waals surface area contributed by atoms with E-state index in [1.807, 2.05) is 19.0 Å². The van der Waals surface area contributed by atoms with Crippen LogP contribution in [-0.4, -0.2) is 43.4 Å². The number of hydrogen-bond donors (Lipinski definition) is 2. The smallest absolute Gasteiger partial charge is 0.0563 e. The SMILES string of the molecule is CN[C@H](C)N(C)CCO. The average molecular weight is 132 g/mol. The molecule has 9 heavy (non-hydrogen) atoms. The van der Waals surface area contributed by atoms with Gasteiger partial charge in [-0.1, -0.05) is 0 Å². The van der Waals surface area contributed by atoms with Crippen LogP contribution in [0.15, 0.2) is 0 Å². The maximum absolute atomic E-state index is 8.51. The Bertz CT molecular complexity index is 68.1.